The van der Waals surface area contributed by atoms with Crippen molar-refractivity contribution < 1.29 is 13.8 Å². The number of fused-ring (bicyclic) bond motifs is 2. The number of ether oxygens (including phenoxy) is 1. The number of aromatic amines is 1. The predicted molar refractivity (Wildman–Crippen MR) is 139 cm³/mol. The van der Waals surface area contributed by atoms with E-state index >= 15 is 0 Å². The van der Waals surface area contributed by atoms with Crippen molar-refractivity contribution in [3.05, 3.63) is 46.4 Å². The van der Waals surface area contributed by atoms with Crippen LogP contribution in [0.4, 0.5) is 11.5 Å². The van der Waals surface area contributed by atoms with Crippen molar-refractivity contribution in [1.82, 2.24) is 19.1 Å². The van der Waals surface area contributed by atoms with E-state index in [0.29, 0.717) is 40.5 Å². The second-order valence-corrected chi connectivity index (χ2v) is 12.1. The zero-order valence-electron chi connectivity index (χ0n) is 20.7. The lowest BCUT2D eigenvalue weighted by Crippen LogP contribution is -2.45. The van der Waals surface area contributed by atoms with E-state index in [-0.39, 0.29) is 17.5 Å². The summed E-state index contributed by atoms with van der Waals surface area (Å²) in [6, 6.07) is 9.51. The van der Waals surface area contributed by atoms with E-state index in [2.05, 4.69) is 16.4 Å². The Morgan fingerprint density at radius 2 is 2.08 bits per heavy atom. The minimum absolute atomic E-state index is 0.0896. The van der Waals surface area contributed by atoms with E-state index in [1.54, 1.807) is 29.7 Å². The number of benzene rings is 1. The number of H-pyrrole nitrogens is 1. The molecule has 2 aliphatic rings. The first-order chi connectivity index (χ1) is 17.2. The van der Waals surface area contributed by atoms with Crippen molar-refractivity contribution in [1.29, 1.82) is 5.26 Å². The summed E-state index contributed by atoms with van der Waals surface area (Å²) in [5, 5.41) is 18.2. The molecule has 1 aliphatic carbocycles. The minimum Gasteiger partial charge on any atom is -0.383 e. The third-order valence-electron chi connectivity index (χ3n) is 7.25. The molecule has 0 radical (unpaired) electrons. The second kappa shape index (κ2) is 9.21. The fraction of sp³-hybridized carbons (Fsp3) is 0.480. The highest BCUT2D eigenvalue weighted by molar-refractivity contribution is 8.22. The average molecular weight is 513 g/mol. The van der Waals surface area contributed by atoms with E-state index in [9.17, 15) is 19.2 Å². The number of hydrogen-bond acceptors (Lipinski definition) is 8. The summed E-state index contributed by atoms with van der Waals surface area (Å²) in [6.45, 7) is 4.53. The monoisotopic (exact) mass is 512 g/mol. The summed E-state index contributed by atoms with van der Waals surface area (Å²) < 4.78 is 30.9. The van der Waals surface area contributed by atoms with Gasteiger partial charge in [-0.25, -0.2) is 0 Å². The van der Waals surface area contributed by atoms with Gasteiger partial charge in [0.05, 0.1) is 40.6 Å². The van der Waals surface area contributed by atoms with Gasteiger partial charge in [0.25, 0.3) is 5.56 Å². The molecule has 36 heavy (non-hydrogen) atoms. The van der Waals surface area contributed by atoms with Crippen LogP contribution < -0.4 is 10.9 Å². The highest BCUT2D eigenvalue weighted by Gasteiger charge is 2.43. The molecule has 5 rings (SSSR count). The smallest absolute Gasteiger partial charge is 0.261 e. The maximum atomic E-state index is 12.8. The highest BCUT2D eigenvalue weighted by atomic mass is 32.3. The molecule has 0 spiro atoms. The standard InChI is InChI=1S/C25H32N6O4S/c1-25(2,15-35-3)30-14-17-12-18(8-9-21(17)36(30,33)34)28-23-22-20(10-11-27-24(22)32)31(29-23)19-7-5-4-6-16(19)13-26/h8-12,16,19,33-34H,4-7,14-15H2,1-3H3,(H,27,32)(H,28,29). The number of hydrogen-bond donors (Lipinski definition) is 4. The van der Waals surface area contributed by atoms with Crippen LogP contribution in [0.3, 0.4) is 0 Å². The Balaban J connectivity index is 1.51. The lowest BCUT2D eigenvalue weighted by molar-refractivity contribution is 0.0763. The molecule has 2 aromatic heterocycles. The summed E-state index contributed by atoms with van der Waals surface area (Å²) in [6.07, 6.45) is 5.30. The summed E-state index contributed by atoms with van der Waals surface area (Å²) in [5.41, 5.74) is 1.33. The zero-order chi connectivity index (χ0) is 25.7. The number of rotatable bonds is 6. The topological polar surface area (TPSA) is 139 Å². The molecule has 1 aromatic carbocycles. The van der Waals surface area contributed by atoms with Gasteiger partial charge in [-0.1, -0.05) is 12.8 Å². The van der Waals surface area contributed by atoms with Crippen molar-refractivity contribution in [3.63, 3.8) is 0 Å². The van der Waals surface area contributed by atoms with E-state index in [4.69, 9.17) is 9.84 Å². The first kappa shape index (κ1) is 24.8. The largest absolute Gasteiger partial charge is 0.383 e. The summed E-state index contributed by atoms with van der Waals surface area (Å²) in [5.74, 6) is 0.260. The number of pyridine rings is 1. The first-order valence-electron chi connectivity index (χ1n) is 12.1. The van der Waals surface area contributed by atoms with Crippen LogP contribution in [0.1, 0.15) is 51.1 Å². The molecule has 3 aromatic rings. The van der Waals surface area contributed by atoms with Crippen molar-refractivity contribution in [3.8, 4) is 6.07 Å². The lowest BCUT2D eigenvalue weighted by Gasteiger charge is -2.46. The van der Waals surface area contributed by atoms with Gasteiger partial charge in [-0.15, -0.1) is 10.8 Å². The molecule has 0 saturated heterocycles. The van der Waals surface area contributed by atoms with Gasteiger partial charge >= 0.3 is 0 Å². The van der Waals surface area contributed by atoms with Crippen LogP contribution >= 0.6 is 10.8 Å². The number of nitriles is 1. The third-order valence-corrected chi connectivity index (χ3v) is 9.48. The minimum atomic E-state index is -3.16. The van der Waals surface area contributed by atoms with Crippen LogP contribution in [-0.2, 0) is 11.3 Å². The summed E-state index contributed by atoms with van der Waals surface area (Å²) >= 11 is 0. The Bertz CT molecular complexity index is 1390. The maximum absolute atomic E-state index is 12.8. The van der Waals surface area contributed by atoms with Gasteiger partial charge in [0, 0.05) is 25.5 Å². The van der Waals surface area contributed by atoms with Crippen LogP contribution in [-0.4, -0.2) is 47.4 Å². The SMILES string of the molecule is COCC(C)(C)N1Cc2cc(Nc3nn(C4CCCCC4C#N)c4cc[nH]c(=O)c34)ccc2S1(O)O. The van der Waals surface area contributed by atoms with Crippen molar-refractivity contribution in [2.45, 2.75) is 62.6 Å². The quantitative estimate of drug-likeness (QED) is 0.362. The van der Waals surface area contributed by atoms with Crippen LogP contribution in [0.2, 0.25) is 0 Å². The molecule has 1 fully saturated rings. The van der Waals surface area contributed by atoms with Crippen molar-refractivity contribution in [2.75, 3.05) is 19.0 Å². The van der Waals surface area contributed by atoms with E-state index in [0.717, 1.165) is 31.2 Å². The van der Waals surface area contributed by atoms with Crippen molar-refractivity contribution >= 4 is 33.2 Å². The Labute approximate surface area is 211 Å². The number of aromatic nitrogens is 3. The lowest BCUT2D eigenvalue weighted by atomic mass is 9.85. The van der Waals surface area contributed by atoms with E-state index < -0.39 is 16.3 Å². The predicted octanol–water partition coefficient (Wildman–Crippen LogP) is 4.99. The molecule has 3 heterocycles. The fourth-order valence-electron chi connectivity index (χ4n) is 5.53. The molecular formula is C25H32N6O4S. The van der Waals surface area contributed by atoms with Crippen LogP contribution in [0.25, 0.3) is 10.9 Å². The zero-order valence-corrected chi connectivity index (χ0v) is 21.5. The number of methoxy groups -OCH3 is 1. The Morgan fingerprint density at radius 3 is 2.83 bits per heavy atom. The molecule has 1 saturated carbocycles. The molecule has 2 unspecified atom stereocenters. The number of nitrogens with zero attached hydrogens (tertiary/aromatic N) is 4. The summed E-state index contributed by atoms with van der Waals surface area (Å²) in [4.78, 5) is 16.1. The second-order valence-electron chi connectivity index (χ2n) is 10.2. The van der Waals surface area contributed by atoms with Crippen LogP contribution in [0, 0.1) is 17.2 Å². The Hall–Kier alpha value is -2.88. The Morgan fingerprint density at radius 1 is 1.31 bits per heavy atom. The molecular weight excluding hydrogens is 480 g/mol. The van der Waals surface area contributed by atoms with Gasteiger partial charge in [-0.3, -0.25) is 18.6 Å². The summed E-state index contributed by atoms with van der Waals surface area (Å²) in [7, 11) is -1.56. The van der Waals surface area contributed by atoms with Gasteiger partial charge in [-0.05, 0) is 56.5 Å². The molecule has 10 nitrogen and oxygen atoms in total. The maximum Gasteiger partial charge on any atom is 0.261 e. The molecule has 0 bridgehead atoms. The van der Waals surface area contributed by atoms with Gasteiger partial charge in [-0.2, -0.15) is 14.7 Å². The van der Waals surface area contributed by atoms with Gasteiger partial charge in [0.2, 0.25) is 0 Å². The molecule has 0 amide bonds. The normalized spacial score (nSPS) is 22.8. The Kier molecular flexibility index (Phi) is 6.34. The number of nitrogens with one attached hydrogen (secondary N) is 2. The van der Waals surface area contributed by atoms with E-state index in [1.807, 2.05) is 30.7 Å². The molecule has 2 atom stereocenters. The number of anilines is 2. The molecule has 192 valence electrons. The van der Waals surface area contributed by atoms with Gasteiger partial charge < -0.3 is 15.0 Å². The third kappa shape index (κ3) is 4.09. The van der Waals surface area contributed by atoms with Crippen LogP contribution in [0.5, 0.6) is 0 Å². The first-order valence-corrected chi connectivity index (χ1v) is 13.6. The van der Waals surface area contributed by atoms with Crippen LogP contribution in [0.15, 0.2) is 40.2 Å². The van der Waals surface area contributed by atoms with Gasteiger partial charge in [0.15, 0.2) is 5.82 Å². The molecule has 11 heteroatoms. The van der Waals surface area contributed by atoms with Gasteiger partial charge in [0.1, 0.15) is 5.39 Å². The highest BCUT2D eigenvalue weighted by Crippen LogP contribution is 2.61. The van der Waals surface area contributed by atoms with E-state index in [1.165, 1.54) is 0 Å². The molecule has 1 aliphatic heterocycles. The average Bonchev–Trinajstić information content (AvgIpc) is 3.34. The fourth-order valence-corrected chi connectivity index (χ4v) is 7.55. The van der Waals surface area contributed by atoms with Crippen molar-refractivity contribution in [2.24, 2.45) is 5.92 Å². The molecule has 4 N–H and O–H groups in total.